The second kappa shape index (κ2) is 8.17. The zero-order valence-corrected chi connectivity index (χ0v) is 16.6. The Kier molecular flexibility index (Phi) is 5.68. The van der Waals surface area contributed by atoms with E-state index in [1.807, 2.05) is 52.0 Å². The van der Waals surface area contributed by atoms with E-state index in [0.29, 0.717) is 24.0 Å². The Morgan fingerprint density at radius 3 is 2.32 bits per heavy atom. The van der Waals surface area contributed by atoms with Crippen molar-refractivity contribution in [3.05, 3.63) is 75.9 Å². The molecule has 0 atom stereocenters. The van der Waals surface area contributed by atoms with Gasteiger partial charge >= 0.3 is 5.97 Å². The van der Waals surface area contributed by atoms with Gasteiger partial charge in [-0.15, -0.1) is 0 Å². The summed E-state index contributed by atoms with van der Waals surface area (Å²) in [7, 11) is 0. The van der Waals surface area contributed by atoms with Gasteiger partial charge < -0.3 is 10.4 Å². The zero-order valence-electron chi connectivity index (χ0n) is 16.6. The molecule has 0 aliphatic heterocycles. The molecular weight excluding hydrogens is 352 g/mol. The second-order valence-electron chi connectivity index (χ2n) is 6.89. The Balaban J connectivity index is 1.92. The van der Waals surface area contributed by atoms with Crippen molar-refractivity contribution in [2.75, 3.05) is 5.32 Å². The standard InChI is InChI=1S/C22H24N4O2/c1-5-16-9-17(11-18(10-16)21(27)28)12-19-23-15(4)24-22(25-19)26-20-13(2)7-6-8-14(20)3/h6-11H,5,12H2,1-4H3,(H,27,28)(H,23,24,25,26). The van der Waals surface area contributed by atoms with Crippen molar-refractivity contribution in [1.82, 2.24) is 15.0 Å². The third-order valence-corrected chi connectivity index (χ3v) is 4.58. The molecule has 144 valence electrons. The number of aryl methyl sites for hydroxylation is 4. The minimum atomic E-state index is -0.930. The van der Waals surface area contributed by atoms with Gasteiger partial charge in [0, 0.05) is 12.1 Å². The Morgan fingerprint density at radius 1 is 1.00 bits per heavy atom. The minimum Gasteiger partial charge on any atom is -0.478 e. The van der Waals surface area contributed by atoms with Crippen LogP contribution in [0.2, 0.25) is 0 Å². The molecule has 0 amide bonds. The zero-order chi connectivity index (χ0) is 20.3. The van der Waals surface area contributed by atoms with Crippen molar-refractivity contribution in [2.45, 2.75) is 40.5 Å². The summed E-state index contributed by atoms with van der Waals surface area (Å²) in [5.41, 5.74) is 5.35. The topological polar surface area (TPSA) is 88.0 Å². The Labute approximate surface area is 164 Å². The number of carboxylic acids is 1. The van der Waals surface area contributed by atoms with Gasteiger partial charge in [-0.2, -0.15) is 9.97 Å². The minimum absolute atomic E-state index is 0.286. The van der Waals surface area contributed by atoms with Crippen LogP contribution in [0.3, 0.4) is 0 Å². The normalized spacial score (nSPS) is 10.7. The molecule has 0 saturated heterocycles. The molecule has 6 heteroatoms. The molecule has 28 heavy (non-hydrogen) atoms. The molecular formula is C22H24N4O2. The first-order valence-corrected chi connectivity index (χ1v) is 9.26. The fraction of sp³-hybridized carbons (Fsp3) is 0.273. The molecule has 0 aliphatic rings. The summed E-state index contributed by atoms with van der Waals surface area (Å²) in [5.74, 6) is 0.778. The number of rotatable bonds is 6. The van der Waals surface area contributed by atoms with Gasteiger partial charge in [0.05, 0.1) is 5.56 Å². The van der Waals surface area contributed by atoms with Crippen molar-refractivity contribution in [3.63, 3.8) is 0 Å². The molecule has 0 radical (unpaired) electrons. The van der Waals surface area contributed by atoms with Crippen molar-refractivity contribution >= 4 is 17.6 Å². The van der Waals surface area contributed by atoms with Crippen LogP contribution >= 0.6 is 0 Å². The smallest absolute Gasteiger partial charge is 0.335 e. The number of nitrogens with one attached hydrogen (secondary N) is 1. The van der Waals surface area contributed by atoms with Gasteiger partial charge in [-0.25, -0.2) is 9.78 Å². The van der Waals surface area contributed by atoms with Crippen LogP contribution < -0.4 is 5.32 Å². The predicted molar refractivity (Wildman–Crippen MR) is 109 cm³/mol. The molecule has 0 saturated carbocycles. The number of carbonyl (C=O) groups is 1. The van der Waals surface area contributed by atoms with Crippen molar-refractivity contribution in [1.29, 1.82) is 0 Å². The van der Waals surface area contributed by atoms with Crippen LogP contribution in [0.5, 0.6) is 0 Å². The molecule has 6 nitrogen and oxygen atoms in total. The van der Waals surface area contributed by atoms with Gasteiger partial charge in [-0.05, 0) is 61.6 Å². The van der Waals surface area contributed by atoms with E-state index in [1.54, 1.807) is 12.1 Å². The molecule has 1 aromatic heterocycles. The van der Waals surface area contributed by atoms with Crippen LogP contribution in [0, 0.1) is 20.8 Å². The maximum absolute atomic E-state index is 11.4. The van der Waals surface area contributed by atoms with Gasteiger partial charge in [0.2, 0.25) is 5.95 Å². The average molecular weight is 376 g/mol. The number of aromatic carboxylic acids is 1. The second-order valence-corrected chi connectivity index (χ2v) is 6.89. The predicted octanol–water partition coefficient (Wildman–Crippen LogP) is 4.39. The van der Waals surface area contributed by atoms with E-state index < -0.39 is 5.97 Å². The van der Waals surface area contributed by atoms with E-state index in [1.165, 1.54) is 0 Å². The first kappa shape index (κ1) is 19.5. The maximum atomic E-state index is 11.4. The van der Waals surface area contributed by atoms with Crippen LogP contribution in [0.25, 0.3) is 0 Å². The quantitative estimate of drug-likeness (QED) is 0.663. The van der Waals surface area contributed by atoms with Gasteiger partial charge in [-0.1, -0.05) is 31.2 Å². The first-order chi connectivity index (χ1) is 13.4. The highest BCUT2D eigenvalue weighted by atomic mass is 16.4. The van der Waals surface area contributed by atoms with E-state index in [4.69, 9.17) is 0 Å². The monoisotopic (exact) mass is 376 g/mol. The molecule has 0 unspecified atom stereocenters. The number of para-hydroxylation sites is 1. The number of carboxylic acid groups (broad SMARTS) is 1. The largest absolute Gasteiger partial charge is 0.478 e. The first-order valence-electron chi connectivity index (χ1n) is 9.26. The number of hydrogen-bond donors (Lipinski definition) is 2. The summed E-state index contributed by atoms with van der Waals surface area (Å²) < 4.78 is 0. The Hall–Kier alpha value is -3.28. The third-order valence-electron chi connectivity index (χ3n) is 4.58. The lowest BCUT2D eigenvalue weighted by Gasteiger charge is -2.12. The highest BCUT2D eigenvalue weighted by Gasteiger charge is 2.11. The number of nitrogens with zero attached hydrogens (tertiary/aromatic N) is 3. The SMILES string of the molecule is CCc1cc(Cc2nc(C)nc(Nc3c(C)cccc3C)n2)cc(C(=O)O)c1. The highest BCUT2D eigenvalue weighted by Crippen LogP contribution is 2.23. The lowest BCUT2D eigenvalue weighted by Crippen LogP contribution is -2.08. The molecule has 1 heterocycles. The summed E-state index contributed by atoms with van der Waals surface area (Å²) in [5, 5.41) is 12.7. The van der Waals surface area contributed by atoms with Crippen LogP contribution in [-0.4, -0.2) is 26.0 Å². The summed E-state index contributed by atoms with van der Waals surface area (Å²) in [6.45, 7) is 7.90. The molecule has 2 N–H and O–H groups in total. The van der Waals surface area contributed by atoms with Gasteiger partial charge in [0.1, 0.15) is 11.6 Å². The summed E-state index contributed by atoms with van der Waals surface area (Å²) in [6.07, 6.45) is 1.21. The lowest BCUT2D eigenvalue weighted by molar-refractivity contribution is 0.0696. The van der Waals surface area contributed by atoms with E-state index >= 15 is 0 Å². The molecule has 0 spiro atoms. The average Bonchev–Trinajstić information content (AvgIpc) is 2.64. The Morgan fingerprint density at radius 2 is 1.68 bits per heavy atom. The van der Waals surface area contributed by atoms with Gasteiger partial charge in [0.25, 0.3) is 0 Å². The van der Waals surface area contributed by atoms with E-state index in [9.17, 15) is 9.90 Å². The van der Waals surface area contributed by atoms with Crippen molar-refractivity contribution in [2.24, 2.45) is 0 Å². The van der Waals surface area contributed by atoms with E-state index in [2.05, 4.69) is 20.3 Å². The maximum Gasteiger partial charge on any atom is 0.335 e. The summed E-state index contributed by atoms with van der Waals surface area (Å²) in [4.78, 5) is 24.8. The van der Waals surface area contributed by atoms with Crippen LogP contribution in [0.15, 0.2) is 36.4 Å². The molecule has 0 bridgehead atoms. The molecule has 3 aromatic rings. The fourth-order valence-corrected chi connectivity index (χ4v) is 3.17. The van der Waals surface area contributed by atoms with Gasteiger partial charge in [-0.3, -0.25) is 0 Å². The number of aromatic nitrogens is 3. The van der Waals surface area contributed by atoms with Crippen molar-refractivity contribution in [3.8, 4) is 0 Å². The van der Waals surface area contributed by atoms with Crippen LogP contribution in [0.4, 0.5) is 11.6 Å². The van der Waals surface area contributed by atoms with Gasteiger partial charge in [0.15, 0.2) is 0 Å². The van der Waals surface area contributed by atoms with Crippen LogP contribution in [-0.2, 0) is 12.8 Å². The Bertz CT molecular complexity index is 1010. The van der Waals surface area contributed by atoms with E-state index in [-0.39, 0.29) is 5.56 Å². The van der Waals surface area contributed by atoms with E-state index in [0.717, 1.165) is 34.4 Å². The lowest BCUT2D eigenvalue weighted by atomic mass is 10.0. The number of benzene rings is 2. The summed E-state index contributed by atoms with van der Waals surface area (Å²) >= 11 is 0. The van der Waals surface area contributed by atoms with Crippen LogP contribution in [0.1, 0.15) is 51.2 Å². The third kappa shape index (κ3) is 4.52. The fourth-order valence-electron chi connectivity index (χ4n) is 3.17. The molecule has 2 aromatic carbocycles. The van der Waals surface area contributed by atoms with Crippen molar-refractivity contribution < 1.29 is 9.90 Å². The molecule has 3 rings (SSSR count). The molecule has 0 aliphatic carbocycles. The molecule has 0 fully saturated rings. The highest BCUT2D eigenvalue weighted by molar-refractivity contribution is 5.88. The number of hydrogen-bond acceptors (Lipinski definition) is 5. The number of anilines is 2. The summed E-state index contributed by atoms with van der Waals surface area (Å²) in [6, 6.07) is 11.5.